The molecule has 0 bridgehead atoms. The Balaban J connectivity index is 1.91. The lowest BCUT2D eigenvalue weighted by Crippen LogP contribution is -2.50. The molecule has 0 radical (unpaired) electrons. The molecule has 2 heterocycles. The maximum Gasteiger partial charge on any atom is 0.324 e. The third-order valence-corrected chi connectivity index (χ3v) is 6.19. The predicted molar refractivity (Wildman–Crippen MR) is 123 cm³/mol. The minimum Gasteiger partial charge on any atom is -0.711 e. The summed E-state index contributed by atoms with van der Waals surface area (Å²) in [6, 6.07) is 16.6. The highest BCUT2D eigenvalue weighted by Gasteiger charge is 2.52. The Morgan fingerprint density at radius 3 is 2.18 bits per heavy atom. The zero-order valence-corrected chi connectivity index (χ0v) is 19.9. The van der Waals surface area contributed by atoms with Gasteiger partial charge in [-0.15, -0.1) is 0 Å². The van der Waals surface area contributed by atoms with Crippen LogP contribution in [0.25, 0.3) is 0 Å². The fourth-order valence-corrected chi connectivity index (χ4v) is 4.36. The fraction of sp³-hybridized carbons (Fsp3) is 0.346. The van der Waals surface area contributed by atoms with E-state index in [1.54, 1.807) is 38.3 Å². The maximum atomic E-state index is 13.5. The quantitative estimate of drug-likeness (QED) is 0.240. The topological polar surface area (TPSA) is 93.7 Å². The van der Waals surface area contributed by atoms with E-state index >= 15 is 0 Å². The van der Waals surface area contributed by atoms with Gasteiger partial charge in [-0.25, -0.2) is 9.30 Å². The van der Waals surface area contributed by atoms with Gasteiger partial charge >= 0.3 is 11.9 Å². The summed E-state index contributed by atoms with van der Waals surface area (Å²) in [5.74, 6) is -4.24. The van der Waals surface area contributed by atoms with Gasteiger partial charge in [0.2, 0.25) is 0 Å². The third kappa shape index (κ3) is 4.23. The molecule has 1 aliphatic rings. The van der Waals surface area contributed by atoms with Crippen molar-refractivity contribution in [1.29, 1.82) is 0 Å². The molecule has 0 spiro atoms. The molecular weight excluding hydrogens is 436 g/mol. The zero-order valence-electron chi connectivity index (χ0n) is 19.9. The van der Waals surface area contributed by atoms with Crippen LogP contribution in [-0.2, 0) is 25.6 Å². The molecule has 4 rings (SSSR count). The minimum absolute atomic E-state index is 0.266. The lowest BCUT2D eigenvalue weighted by atomic mass is 9.84. The van der Waals surface area contributed by atoms with Crippen LogP contribution in [-0.4, -0.2) is 29.4 Å². The molecule has 3 aromatic rings. The highest BCUT2D eigenvalue weighted by molar-refractivity contribution is 5.98. The van der Waals surface area contributed by atoms with Gasteiger partial charge in [-0.3, -0.25) is 9.59 Å². The van der Waals surface area contributed by atoms with Crippen molar-refractivity contribution in [2.75, 3.05) is 7.11 Å². The first kappa shape index (κ1) is 23.4. The number of aromatic nitrogens is 2. The van der Waals surface area contributed by atoms with E-state index in [2.05, 4.69) is 0 Å². The van der Waals surface area contributed by atoms with Gasteiger partial charge in [-0.2, -0.15) is 0 Å². The Labute approximate surface area is 198 Å². The first-order valence-corrected chi connectivity index (χ1v) is 11.1. The minimum atomic E-state index is -1.37. The van der Waals surface area contributed by atoms with E-state index in [-0.39, 0.29) is 5.82 Å². The molecule has 0 unspecified atom stereocenters. The lowest BCUT2D eigenvalue weighted by molar-refractivity contribution is -0.621. The van der Waals surface area contributed by atoms with Gasteiger partial charge < -0.3 is 19.4 Å². The molecule has 34 heavy (non-hydrogen) atoms. The Hall–Kier alpha value is -3.81. The van der Waals surface area contributed by atoms with Crippen molar-refractivity contribution < 1.29 is 28.5 Å². The second-order valence-corrected chi connectivity index (χ2v) is 8.87. The normalized spacial score (nSPS) is 16.6. The molecule has 1 aliphatic heterocycles. The Kier molecular flexibility index (Phi) is 6.08. The number of esters is 2. The number of methoxy groups -OCH3 is 1. The van der Waals surface area contributed by atoms with Gasteiger partial charge in [-0.05, 0) is 23.3 Å². The summed E-state index contributed by atoms with van der Waals surface area (Å²) in [5.41, 5.74) is 2.80. The number of hydrogen-bond donors (Lipinski definition) is 0. The molecule has 178 valence electrons. The highest BCUT2D eigenvalue weighted by atomic mass is 16.7. The van der Waals surface area contributed by atoms with Crippen LogP contribution >= 0.6 is 0 Å². The average Bonchev–Trinajstić information content (AvgIpc) is 3.00. The summed E-state index contributed by atoms with van der Waals surface area (Å²) < 4.78 is 18.8. The van der Waals surface area contributed by atoms with Crippen LogP contribution in [0.3, 0.4) is 0 Å². The molecule has 8 nitrogen and oxygen atoms in total. The van der Waals surface area contributed by atoms with Crippen LogP contribution in [0.4, 0.5) is 0 Å². The van der Waals surface area contributed by atoms with Gasteiger partial charge in [0, 0.05) is 27.7 Å². The summed E-state index contributed by atoms with van der Waals surface area (Å²) in [4.78, 5) is 26.3. The number of nitrogens with zero attached hydrogens (tertiary/aromatic N) is 2. The number of ether oxygens (including phenoxy) is 3. The summed E-state index contributed by atoms with van der Waals surface area (Å²) in [7, 11) is 1.55. The van der Waals surface area contributed by atoms with E-state index in [1.807, 2.05) is 41.8 Å². The molecule has 0 amide bonds. The van der Waals surface area contributed by atoms with Gasteiger partial charge in [0.1, 0.15) is 29.6 Å². The van der Waals surface area contributed by atoms with Gasteiger partial charge in [0.25, 0.3) is 11.6 Å². The Morgan fingerprint density at radius 1 is 1.03 bits per heavy atom. The van der Waals surface area contributed by atoms with Crippen LogP contribution in [0.5, 0.6) is 5.75 Å². The largest absolute Gasteiger partial charge is 0.711 e. The molecular formula is C26H28N2O6. The first-order chi connectivity index (χ1) is 16.1. The van der Waals surface area contributed by atoms with Crippen molar-refractivity contribution in [2.24, 2.45) is 5.92 Å². The van der Waals surface area contributed by atoms with E-state index in [0.29, 0.717) is 23.6 Å². The SMILES string of the molecule is COc1ccc([C@H](c2n(Cc3ccccc3)c(C)c(C)[n+]2[O-])C2C(=O)OC(C)(C)OC2=O)cc1. The van der Waals surface area contributed by atoms with Gasteiger partial charge in [-0.1, -0.05) is 42.5 Å². The number of carbonyl (C=O) groups excluding carboxylic acids is 2. The fourth-order valence-electron chi connectivity index (χ4n) is 4.36. The van der Waals surface area contributed by atoms with Crippen LogP contribution in [0.1, 0.15) is 48.1 Å². The van der Waals surface area contributed by atoms with Crippen molar-refractivity contribution in [3.05, 3.63) is 88.1 Å². The third-order valence-electron chi connectivity index (χ3n) is 6.19. The molecule has 0 saturated carbocycles. The average molecular weight is 465 g/mol. The van der Waals surface area contributed by atoms with Crippen molar-refractivity contribution >= 4 is 11.9 Å². The van der Waals surface area contributed by atoms with Crippen LogP contribution < -0.4 is 9.47 Å². The smallest absolute Gasteiger partial charge is 0.324 e. The van der Waals surface area contributed by atoms with E-state index in [0.717, 1.165) is 16.0 Å². The standard InChI is InChI=1S/C26H28N2O6/c1-16-17(2)28(31)23(27(16)15-18-9-7-6-8-10-18)21(19-11-13-20(32-5)14-12-19)22-24(29)33-26(3,4)34-25(22)30/h6-14,21-22H,15H2,1-5H3/t21-/m0/s1. The van der Waals surface area contributed by atoms with Crippen molar-refractivity contribution in [2.45, 2.75) is 45.9 Å². The van der Waals surface area contributed by atoms with Crippen LogP contribution in [0, 0.1) is 25.0 Å². The van der Waals surface area contributed by atoms with E-state index in [9.17, 15) is 14.8 Å². The number of imidazole rings is 1. The molecule has 8 heteroatoms. The Bertz CT molecular complexity index is 1190. The summed E-state index contributed by atoms with van der Waals surface area (Å²) in [6.07, 6.45) is 0. The molecule has 1 aromatic heterocycles. The van der Waals surface area contributed by atoms with Gasteiger partial charge in [0.05, 0.1) is 7.11 Å². The number of benzene rings is 2. The first-order valence-electron chi connectivity index (χ1n) is 11.1. The molecule has 1 saturated heterocycles. The van der Waals surface area contributed by atoms with Crippen LogP contribution in [0.2, 0.25) is 0 Å². The maximum absolute atomic E-state index is 13.5. The summed E-state index contributed by atoms with van der Waals surface area (Å²) in [5, 5.41) is 13.5. The second kappa shape index (κ2) is 8.85. The number of hydrogen-bond acceptors (Lipinski definition) is 6. The van der Waals surface area contributed by atoms with E-state index < -0.39 is 29.6 Å². The number of carbonyl (C=O) groups is 2. The lowest BCUT2D eigenvalue weighted by Gasteiger charge is -2.35. The van der Waals surface area contributed by atoms with Crippen LogP contribution in [0.15, 0.2) is 54.6 Å². The van der Waals surface area contributed by atoms with Crippen molar-refractivity contribution in [1.82, 2.24) is 4.57 Å². The second-order valence-electron chi connectivity index (χ2n) is 8.87. The Morgan fingerprint density at radius 2 is 1.62 bits per heavy atom. The molecule has 1 fully saturated rings. The number of rotatable bonds is 6. The van der Waals surface area contributed by atoms with Crippen molar-refractivity contribution in [3.8, 4) is 5.75 Å². The van der Waals surface area contributed by atoms with E-state index in [1.165, 1.54) is 13.8 Å². The molecule has 0 aliphatic carbocycles. The molecule has 1 atom stereocenters. The zero-order chi connectivity index (χ0) is 24.6. The van der Waals surface area contributed by atoms with E-state index in [4.69, 9.17) is 14.2 Å². The highest BCUT2D eigenvalue weighted by Crippen LogP contribution is 2.38. The molecule has 0 N–H and O–H groups in total. The monoisotopic (exact) mass is 464 g/mol. The summed E-state index contributed by atoms with van der Waals surface area (Å²) in [6.45, 7) is 6.97. The van der Waals surface area contributed by atoms with Gasteiger partial charge in [0.15, 0.2) is 5.92 Å². The predicted octanol–water partition coefficient (Wildman–Crippen LogP) is 3.38. The molecule has 2 aromatic carbocycles. The number of cyclic esters (lactones) is 2. The van der Waals surface area contributed by atoms with Crippen molar-refractivity contribution in [3.63, 3.8) is 0 Å². The summed E-state index contributed by atoms with van der Waals surface area (Å²) >= 11 is 0.